The molecule has 104 valence electrons. The zero-order valence-electron chi connectivity index (χ0n) is 11.7. The summed E-state index contributed by atoms with van der Waals surface area (Å²) in [6.07, 6.45) is 0. The maximum Gasteiger partial charge on any atom is 0.255 e. The first-order chi connectivity index (χ1) is 9.52. The standard InChI is InChI=1S/C16H17NO3/c1-10-5-4-6-13(11(10)2)17-16(19)12-7-8-15(20-3)14(18)9-12/h4-9,18H,1-3H3,(H,17,19). The minimum atomic E-state index is -0.267. The summed E-state index contributed by atoms with van der Waals surface area (Å²) in [4.78, 5) is 12.2. The molecule has 0 aliphatic carbocycles. The van der Waals surface area contributed by atoms with Gasteiger partial charge in [-0.1, -0.05) is 12.1 Å². The minimum Gasteiger partial charge on any atom is -0.504 e. The SMILES string of the molecule is COc1ccc(C(=O)Nc2cccc(C)c2C)cc1O. The lowest BCUT2D eigenvalue weighted by Crippen LogP contribution is -2.13. The number of hydrogen-bond acceptors (Lipinski definition) is 3. The van der Waals surface area contributed by atoms with Crippen LogP contribution >= 0.6 is 0 Å². The third-order valence-electron chi connectivity index (χ3n) is 3.29. The predicted octanol–water partition coefficient (Wildman–Crippen LogP) is 3.27. The molecule has 0 aromatic heterocycles. The van der Waals surface area contributed by atoms with Crippen LogP contribution in [0.15, 0.2) is 36.4 Å². The van der Waals surface area contributed by atoms with Crippen molar-refractivity contribution in [3.8, 4) is 11.5 Å². The summed E-state index contributed by atoms with van der Waals surface area (Å²) in [5, 5.41) is 12.5. The number of phenols is 1. The first kappa shape index (κ1) is 13.9. The third-order valence-corrected chi connectivity index (χ3v) is 3.29. The van der Waals surface area contributed by atoms with Crippen molar-refractivity contribution in [1.82, 2.24) is 0 Å². The summed E-state index contributed by atoms with van der Waals surface area (Å²) in [5.41, 5.74) is 3.29. The lowest BCUT2D eigenvalue weighted by Gasteiger charge is -2.11. The monoisotopic (exact) mass is 271 g/mol. The maximum absolute atomic E-state index is 12.2. The highest BCUT2D eigenvalue weighted by Gasteiger charge is 2.11. The second-order valence-electron chi connectivity index (χ2n) is 4.59. The molecular weight excluding hydrogens is 254 g/mol. The highest BCUT2D eigenvalue weighted by Crippen LogP contribution is 2.27. The fourth-order valence-corrected chi connectivity index (χ4v) is 1.91. The van der Waals surface area contributed by atoms with Crippen LogP contribution < -0.4 is 10.1 Å². The molecule has 0 fully saturated rings. The fraction of sp³-hybridized carbons (Fsp3) is 0.188. The van der Waals surface area contributed by atoms with Crippen molar-refractivity contribution in [3.05, 3.63) is 53.1 Å². The zero-order chi connectivity index (χ0) is 14.7. The molecule has 0 radical (unpaired) electrons. The molecular formula is C16H17NO3. The Labute approximate surface area is 118 Å². The number of hydrogen-bond donors (Lipinski definition) is 2. The number of amides is 1. The van der Waals surface area contributed by atoms with Gasteiger partial charge in [-0.15, -0.1) is 0 Å². The average molecular weight is 271 g/mol. The molecule has 2 rings (SSSR count). The second-order valence-corrected chi connectivity index (χ2v) is 4.59. The molecule has 2 aromatic carbocycles. The van der Waals surface area contributed by atoms with E-state index < -0.39 is 0 Å². The predicted molar refractivity (Wildman–Crippen MR) is 78.5 cm³/mol. The van der Waals surface area contributed by atoms with Crippen LogP contribution in [0.1, 0.15) is 21.5 Å². The van der Waals surface area contributed by atoms with Crippen molar-refractivity contribution in [2.24, 2.45) is 0 Å². The largest absolute Gasteiger partial charge is 0.504 e. The van der Waals surface area contributed by atoms with Gasteiger partial charge in [0.2, 0.25) is 0 Å². The van der Waals surface area contributed by atoms with Crippen LogP contribution in [-0.2, 0) is 0 Å². The molecule has 0 atom stereocenters. The molecule has 2 N–H and O–H groups in total. The Kier molecular flexibility index (Phi) is 3.94. The molecule has 20 heavy (non-hydrogen) atoms. The summed E-state index contributed by atoms with van der Waals surface area (Å²) in [6, 6.07) is 10.3. The number of carbonyl (C=O) groups excluding carboxylic acids is 1. The van der Waals surface area contributed by atoms with E-state index in [9.17, 15) is 9.90 Å². The normalized spacial score (nSPS) is 10.2. The first-order valence-electron chi connectivity index (χ1n) is 6.27. The Morgan fingerprint density at radius 2 is 1.95 bits per heavy atom. The third kappa shape index (κ3) is 2.74. The molecule has 0 unspecified atom stereocenters. The molecule has 2 aromatic rings. The van der Waals surface area contributed by atoms with Gasteiger partial charge in [0.15, 0.2) is 11.5 Å². The Balaban J connectivity index is 2.24. The van der Waals surface area contributed by atoms with Crippen LogP contribution in [0.5, 0.6) is 11.5 Å². The van der Waals surface area contributed by atoms with Crippen LogP contribution in [0.25, 0.3) is 0 Å². The molecule has 0 aliphatic heterocycles. The smallest absolute Gasteiger partial charge is 0.255 e. The lowest BCUT2D eigenvalue weighted by molar-refractivity contribution is 0.102. The van der Waals surface area contributed by atoms with Crippen LogP contribution in [0.2, 0.25) is 0 Å². The highest BCUT2D eigenvalue weighted by molar-refractivity contribution is 6.05. The van der Waals surface area contributed by atoms with Gasteiger partial charge >= 0.3 is 0 Å². The van der Waals surface area contributed by atoms with E-state index in [1.54, 1.807) is 12.1 Å². The summed E-state index contributed by atoms with van der Waals surface area (Å²) in [6.45, 7) is 3.95. The zero-order valence-corrected chi connectivity index (χ0v) is 11.7. The molecule has 0 saturated heterocycles. The van der Waals surface area contributed by atoms with Gasteiger partial charge in [0.25, 0.3) is 5.91 Å². The second kappa shape index (κ2) is 5.65. The van der Waals surface area contributed by atoms with E-state index in [2.05, 4.69) is 5.32 Å². The number of methoxy groups -OCH3 is 1. The van der Waals surface area contributed by atoms with Crippen molar-refractivity contribution in [2.45, 2.75) is 13.8 Å². The molecule has 1 amide bonds. The van der Waals surface area contributed by atoms with Crippen molar-refractivity contribution < 1.29 is 14.6 Å². The van der Waals surface area contributed by atoms with Crippen molar-refractivity contribution in [3.63, 3.8) is 0 Å². The van der Waals surface area contributed by atoms with Crippen LogP contribution in [0.4, 0.5) is 5.69 Å². The van der Waals surface area contributed by atoms with Crippen molar-refractivity contribution in [1.29, 1.82) is 0 Å². The first-order valence-corrected chi connectivity index (χ1v) is 6.27. The van der Waals surface area contributed by atoms with Crippen molar-refractivity contribution in [2.75, 3.05) is 12.4 Å². The number of nitrogens with one attached hydrogen (secondary N) is 1. The average Bonchev–Trinajstić information content (AvgIpc) is 2.43. The number of aromatic hydroxyl groups is 1. The Hall–Kier alpha value is -2.49. The van der Waals surface area contributed by atoms with E-state index in [0.29, 0.717) is 11.3 Å². The number of phenolic OH excluding ortho intramolecular Hbond substituents is 1. The molecule has 0 spiro atoms. The van der Waals surface area contributed by atoms with Crippen molar-refractivity contribution >= 4 is 11.6 Å². The van der Waals surface area contributed by atoms with Crippen LogP contribution in [0, 0.1) is 13.8 Å². The number of benzene rings is 2. The Bertz CT molecular complexity index is 650. The van der Waals surface area contributed by atoms with E-state index in [-0.39, 0.29) is 11.7 Å². The van der Waals surface area contributed by atoms with Gasteiger partial charge in [-0.05, 0) is 49.2 Å². The van der Waals surface area contributed by atoms with Gasteiger partial charge in [0.05, 0.1) is 7.11 Å². The summed E-state index contributed by atoms with van der Waals surface area (Å²) in [5.74, 6) is 0.0195. The highest BCUT2D eigenvalue weighted by atomic mass is 16.5. The number of ether oxygens (including phenoxy) is 1. The lowest BCUT2D eigenvalue weighted by atomic mass is 10.1. The van der Waals surface area contributed by atoms with Gasteiger partial charge in [-0.2, -0.15) is 0 Å². The summed E-state index contributed by atoms with van der Waals surface area (Å²) >= 11 is 0. The van der Waals surface area contributed by atoms with E-state index in [0.717, 1.165) is 16.8 Å². The van der Waals surface area contributed by atoms with E-state index >= 15 is 0 Å². The van der Waals surface area contributed by atoms with Crippen LogP contribution in [0.3, 0.4) is 0 Å². The van der Waals surface area contributed by atoms with Gasteiger partial charge in [0, 0.05) is 11.3 Å². The number of anilines is 1. The number of carbonyl (C=O) groups is 1. The van der Waals surface area contributed by atoms with Gasteiger partial charge < -0.3 is 15.2 Å². The van der Waals surface area contributed by atoms with E-state index in [1.807, 2.05) is 32.0 Å². The summed E-state index contributed by atoms with van der Waals surface area (Å²) in [7, 11) is 1.46. The Morgan fingerprint density at radius 1 is 1.20 bits per heavy atom. The topological polar surface area (TPSA) is 58.6 Å². The van der Waals surface area contributed by atoms with Gasteiger partial charge in [-0.3, -0.25) is 4.79 Å². The molecule has 0 saturated carbocycles. The number of rotatable bonds is 3. The van der Waals surface area contributed by atoms with Gasteiger partial charge in [0.1, 0.15) is 0 Å². The summed E-state index contributed by atoms with van der Waals surface area (Å²) < 4.78 is 4.95. The molecule has 0 bridgehead atoms. The molecule has 4 nitrogen and oxygen atoms in total. The van der Waals surface area contributed by atoms with Crippen LogP contribution in [-0.4, -0.2) is 18.1 Å². The van der Waals surface area contributed by atoms with E-state index in [4.69, 9.17) is 4.74 Å². The van der Waals surface area contributed by atoms with E-state index in [1.165, 1.54) is 13.2 Å². The molecule has 0 aliphatic rings. The molecule has 4 heteroatoms. The Morgan fingerprint density at radius 3 is 2.60 bits per heavy atom. The fourth-order valence-electron chi connectivity index (χ4n) is 1.91. The molecule has 0 heterocycles. The number of aryl methyl sites for hydroxylation is 1. The maximum atomic E-state index is 12.2. The quantitative estimate of drug-likeness (QED) is 0.900. The minimum absolute atomic E-state index is 0.0545. The van der Waals surface area contributed by atoms with Gasteiger partial charge in [-0.25, -0.2) is 0 Å².